The smallest absolute Gasteiger partial charge is 0.127 e. The average Bonchev–Trinajstić information content (AvgIpc) is 3.29. The lowest BCUT2D eigenvalue weighted by Gasteiger charge is -2.27. The van der Waals surface area contributed by atoms with Crippen molar-refractivity contribution in [1.82, 2.24) is 5.32 Å². The van der Waals surface area contributed by atoms with Crippen molar-refractivity contribution in [2.24, 2.45) is 0 Å². The molecule has 3 rings (SSSR count). The summed E-state index contributed by atoms with van der Waals surface area (Å²) in [5.41, 5.74) is 2.21. The molecule has 2 aromatic carbocycles. The van der Waals surface area contributed by atoms with E-state index in [1.165, 1.54) is 11.6 Å². The predicted molar refractivity (Wildman–Crippen MR) is 85.3 cm³/mol. The van der Waals surface area contributed by atoms with Crippen LogP contribution in [0.1, 0.15) is 24.0 Å². The lowest BCUT2D eigenvalue weighted by atomic mass is 9.84. The van der Waals surface area contributed by atoms with Gasteiger partial charge in [0.2, 0.25) is 0 Å². The molecule has 0 amide bonds. The van der Waals surface area contributed by atoms with E-state index in [4.69, 9.17) is 11.6 Å². The summed E-state index contributed by atoms with van der Waals surface area (Å²) in [5.74, 6) is -0.216. The Labute approximate surface area is 130 Å². The summed E-state index contributed by atoms with van der Waals surface area (Å²) in [5, 5.41) is 3.84. The zero-order chi connectivity index (χ0) is 14.9. The summed E-state index contributed by atoms with van der Waals surface area (Å²) in [6.07, 6.45) is 2.98. The molecule has 21 heavy (non-hydrogen) atoms. The molecule has 1 aliphatic carbocycles. The third-order valence-electron chi connectivity index (χ3n) is 4.59. The zero-order valence-corrected chi connectivity index (χ0v) is 12.8. The molecule has 1 saturated carbocycles. The molecule has 1 atom stereocenters. The number of rotatable bonds is 5. The summed E-state index contributed by atoms with van der Waals surface area (Å²) in [6.45, 7) is 0. The summed E-state index contributed by atoms with van der Waals surface area (Å²) < 4.78 is 14.0. The molecule has 1 nitrogen and oxygen atoms in total. The minimum Gasteiger partial charge on any atom is -0.316 e. The van der Waals surface area contributed by atoms with Crippen molar-refractivity contribution in [3.63, 3.8) is 0 Å². The molecule has 0 aliphatic heterocycles. The molecule has 0 aromatic heterocycles. The van der Waals surface area contributed by atoms with E-state index in [9.17, 15) is 4.39 Å². The summed E-state index contributed by atoms with van der Waals surface area (Å²) in [6, 6.07) is 15.7. The van der Waals surface area contributed by atoms with Gasteiger partial charge in [0.05, 0.1) is 0 Å². The van der Waals surface area contributed by atoms with Gasteiger partial charge in [-0.1, -0.05) is 48.0 Å². The minimum atomic E-state index is -0.216. The maximum Gasteiger partial charge on any atom is 0.127 e. The van der Waals surface area contributed by atoms with Crippen LogP contribution in [0.25, 0.3) is 0 Å². The first-order valence-corrected chi connectivity index (χ1v) is 7.70. The molecule has 1 unspecified atom stereocenters. The van der Waals surface area contributed by atoms with Crippen molar-refractivity contribution in [2.75, 3.05) is 7.05 Å². The van der Waals surface area contributed by atoms with E-state index in [0.717, 1.165) is 18.4 Å². The lowest BCUT2D eigenvalue weighted by Crippen LogP contribution is -2.39. The second-order valence-corrected chi connectivity index (χ2v) is 6.24. The van der Waals surface area contributed by atoms with Crippen molar-refractivity contribution in [3.8, 4) is 0 Å². The van der Waals surface area contributed by atoms with Crippen molar-refractivity contribution < 1.29 is 4.39 Å². The second kappa shape index (κ2) is 5.78. The Morgan fingerprint density at radius 1 is 1.19 bits per heavy atom. The van der Waals surface area contributed by atoms with Gasteiger partial charge in [-0.2, -0.15) is 0 Å². The first-order valence-electron chi connectivity index (χ1n) is 7.32. The second-order valence-electron chi connectivity index (χ2n) is 5.80. The SMILES string of the molecule is CNC(Cc1ccc(Cl)cc1F)C1(c2ccccc2)CC1. The van der Waals surface area contributed by atoms with Gasteiger partial charge in [0, 0.05) is 16.5 Å². The molecule has 0 spiro atoms. The Balaban J connectivity index is 1.86. The molecular formula is C18H19ClFN. The van der Waals surface area contributed by atoms with Crippen LogP contribution in [0.5, 0.6) is 0 Å². The normalized spacial score (nSPS) is 17.5. The third-order valence-corrected chi connectivity index (χ3v) is 4.83. The fourth-order valence-corrected chi connectivity index (χ4v) is 3.38. The van der Waals surface area contributed by atoms with Crippen LogP contribution < -0.4 is 5.32 Å². The van der Waals surface area contributed by atoms with Crippen molar-refractivity contribution in [1.29, 1.82) is 0 Å². The van der Waals surface area contributed by atoms with Crippen LogP contribution in [0.4, 0.5) is 4.39 Å². The highest BCUT2D eigenvalue weighted by Crippen LogP contribution is 2.51. The molecule has 0 radical (unpaired) electrons. The molecule has 3 heteroatoms. The van der Waals surface area contributed by atoms with E-state index < -0.39 is 0 Å². The number of halogens is 2. The molecule has 0 bridgehead atoms. The van der Waals surface area contributed by atoms with Gasteiger partial charge in [0.25, 0.3) is 0 Å². The molecule has 2 aromatic rings. The van der Waals surface area contributed by atoms with Crippen LogP contribution in [0.2, 0.25) is 5.02 Å². The number of hydrogen-bond acceptors (Lipinski definition) is 1. The maximum absolute atomic E-state index is 14.0. The van der Waals surface area contributed by atoms with E-state index >= 15 is 0 Å². The number of nitrogens with one attached hydrogen (secondary N) is 1. The Hall–Kier alpha value is -1.38. The summed E-state index contributed by atoms with van der Waals surface area (Å²) >= 11 is 5.83. The molecule has 0 saturated heterocycles. The Bertz CT molecular complexity index is 622. The largest absolute Gasteiger partial charge is 0.316 e. The molecular weight excluding hydrogens is 285 g/mol. The van der Waals surface area contributed by atoms with Gasteiger partial charge in [-0.3, -0.25) is 0 Å². The van der Waals surface area contributed by atoms with Gasteiger partial charge in [0.15, 0.2) is 0 Å². The number of hydrogen-bond donors (Lipinski definition) is 1. The monoisotopic (exact) mass is 303 g/mol. The summed E-state index contributed by atoms with van der Waals surface area (Å²) in [4.78, 5) is 0. The third kappa shape index (κ3) is 2.83. The van der Waals surface area contributed by atoms with Crippen molar-refractivity contribution in [3.05, 3.63) is 70.5 Å². The lowest BCUT2D eigenvalue weighted by molar-refractivity contribution is 0.435. The van der Waals surface area contributed by atoms with Crippen LogP contribution in [0.15, 0.2) is 48.5 Å². The topological polar surface area (TPSA) is 12.0 Å². The van der Waals surface area contributed by atoms with Crippen LogP contribution in [-0.2, 0) is 11.8 Å². The number of benzene rings is 2. The van der Waals surface area contributed by atoms with Crippen LogP contribution >= 0.6 is 11.6 Å². The highest BCUT2D eigenvalue weighted by atomic mass is 35.5. The molecule has 110 valence electrons. The van der Waals surface area contributed by atoms with Gasteiger partial charge in [0.1, 0.15) is 5.82 Å². The quantitative estimate of drug-likeness (QED) is 0.866. The molecule has 0 heterocycles. The number of likely N-dealkylation sites (N-methyl/N-ethyl adjacent to an activating group) is 1. The van der Waals surface area contributed by atoms with Crippen molar-refractivity contribution in [2.45, 2.75) is 30.7 Å². The molecule has 1 fully saturated rings. The fraction of sp³-hybridized carbons (Fsp3) is 0.333. The van der Waals surface area contributed by atoms with Gasteiger partial charge < -0.3 is 5.32 Å². The first kappa shape index (κ1) is 14.6. The van der Waals surface area contributed by atoms with E-state index in [2.05, 4.69) is 29.6 Å². The average molecular weight is 304 g/mol. The van der Waals surface area contributed by atoms with Gasteiger partial charge in [-0.05, 0) is 49.6 Å². The molecule has 1 aliphatic rings. The minimum absolute atomic E-state index is 0.141. The van der Waals surface area contributed by atoms with Gasteiger partial charge >= 0.3 is 0 Å². The Morgan fingerprint density at radius 2 is 1.90 bits per heavy atom. The highest BCUT2D eigenvalue weighted by molar-refractivity contribution is 6.30. The van der Waals surface area contributed by atoms with Crippen LogP contribution in [0.3, 0.4) is 0 Å². The standard InChI is InChI=1S/C18H19ClFN/c1-21-17(11-13-7-8-15(19)12-16(13)20)18(9-10-18)14-5-3-2-4-6-14/h2-8,12,17,21H,9-11H2,1H3. The Morgan fingerprint density at radius 3 is 2.48 bits per heavy atom. The van der Waals surface area contributed by atoms with E-state index in [1.807, 2.05) is 13.1 Å². The van der Waals surface area contributed by atoms with E-state index in [-0.39, 0.29) is 17.3 Å². The van der Waals surface area contributed by atoms with Crippen LogP contribution in [0, 0.1) is 5.82 Å². The van der Waals surface area contributed by atoms with Gasteiger partial charge in [-0.25, -0.2) is 4.39 Å². The fourth-order valence-electron chi connectivity index (χ4n) is 3.22. The van der Waals surface area contributed by atoms with E-state index in [1.54, 1.807) is 12.1 Å². The van der Waals surface area contributed by atoms with Crippen LogP contribution in [-0.4, -0.2) is 13.1 Å². The molecule has 1 N–H and O–H groups in total. The predicted octanol–water partition coefficient (Wildman–Crippen LogP) is 4.34. The Kier molecular flexibility index (Phi) is 4.01. The van der Waals surface area contributed by atoms with E-state index in [0.29, 0.717) is 11.4 Å². The van der Waals surface area contributed by atoms with Crippen molar-refractivity contribution >= 4 is 11.6 Å². The maximum atomic E-state index is 14.0. The summed E-state index contributed by atoms with van der Waals surface area (Å²) in [7, 11) is 1.96. The highest BCUT2D eigenvalue weighted by Gasteiger charge is 2.49. The zero-order valence-electron chi connectivity index (χ0n) is 12.1. The first-order chi connectivity index (χ1) is 10.2. The van der Waals surface area contributed by atoms with Gasteiger partial charge in [-0.15, -0.1) is 0 Å².